The van der Waals surface area contributed by atoms with Crippen molar-refractivity contribution in [3.05, 3.63) is 33.8 Å². The first kappa shape index (κ1) is 11.4. The molecule has 84 valence electrons. The van der Waals surface area contributed by atoms with E-state index in [1.807, 2.05) is 0 Å². The van der Waals surface area contributed by atoms with Gasteiger partial charge in [0.2, 0.25) is 0 Å². The molecule has 4 heteroatoms. The number of aromatic amines is 1. The van der Waals surface area contributed by atoms with E-state index in [2.05, 4.69) is 43.1 Å². The number of benzene rings is 1. The monoisotopic (exact) mass is 250 g/mol. The van der Waals surface area contributed by atoms with Crippen LogP contribution in [0.5, 0.6) is 0 Å². The van der Waals surface area contributed by atoms with Crippen molar-refractivity contribution in [3.8, 4) is 11.3 Å². The number of thiazole rings is 1. The second-order valence-corrected chi connectivity index (χ2v) is 5.75. The molecule has 2 rings (SSSR count). The van der Waals surface area contributed by atoms with E-state index in [0.717, 1.165) is 20.2 Å². The predicted octanol–water partition coefficient (Wildman–Crippen LogP) is 4.18. The molecule has 0 atom stereocenters. The Bertz CT molecular complexity index is 535. The maximum atomic E-state index is 5.89. The average Bonchev–Trinajstić information content (AvgIpc) is 2.58. The minimum Gasteiger partial charge on any atom is -0.389 e. The van der Waals surface area contributed by atoms with Crippen LogP contribution in [0.2, 0.25) is 0 Å². The fraction of sp³-hybridized carbons (Fsp3) is 0.250. The van der Waals surface area contributed by atoms with Crippen LogP contribution in [0.1, 0.15) is 25.3 Å². The molecule has 1 heterocycles. The van der Waals surface area contributed by atoms with Crippen LogP contribution in [0.25, 0.3) is 11.3 Å². The van der Waals surface area contributed by atoms with E-state index in [-0.39, 0.29) is 0 Å². The molecule has 1 aromatic carbocycles. The molecule has 0 aliphatic heterocycles. The first-order valence-electron chi connectivity index (χ1n) is 5.17. The van der Waals surface area contributed by atoms with Crippen molar-refractivity contribution in [1.82, 2.24) is 4.98 Å². The number of hydrogen-bond donors (Lipinski definition) is 2. The van der Waals surface area contributed by atoms with Crippen LogP contribution >= 0.6 is 23.6 Å². The second kappa shape index (κ2) is 4.39. The maximum Gasteiger partial charge on any atom is 0.160 e. The van der Waals surface area contributed by atoms with E-state index >= 15 is 0 Å². The Morgan fingerprint density at radius 2 is 1.88 bits per heavy atom. The normalized spacial score (nSPS) is 10.9. The highest BCUT2D eigenvalue weighted by molar-refractivity contribution is 7.73. The second-order valence-electron chi connectivity index (χ2n) is 4.03. The fourth-order valence-electron chi connectivity index (χ4n) is 1.59. The number of rotatable bonds is 2. The molecule has 0 aliphatic carbocycles. The lowest BCUT2D eigenvalue weighted by Gasteiger charge is -2.06. The Morgan fingerprint density at radius 1 is 1.25 bits per heavy atom. The van der Waals surface area contributed by atoms with Gasteiger partial charge in [-0.2, -0.15) is 0 Å². The van der Waals surface area contributed by atoms with Crippen LogP contribution in [0, 0.1) is 3.95 Å². The van der Waals surface area contributed by atoms with Gasteiger partial charge in [0.15, 0.2) is 3.95 Å². The number of nitrogen functional groups attached to an aromatic ring is 1. The first-order valence-corrected chi connectivity index (χ1v) is 6.39. The summed E-state index contributed by atoms with van der Waals surface area (Å²) in [5.41, 5.74) is 9.25. The van der Waals surface area contributed by atoms with E-state index in [0.29, 0.717) is 5.92 Å². The van der Waals surface area contributed by atoms with Gasteiger partial charge in [0.05, 0.1) is 5.69 Å². The third kappa shape index (κ3) is 2.18. The first-order chi connectivity index (χ1) is 7.58. The van der Waals surface area contributed by atoms with Gasteiger partial charge in [-0.15, -0.1) is 0 Å². The number of nitrogens with one attached hydrogen (secondary N) is 1. The summed E-state index contributed by atoms with van der Waals surface area (Å²) in [5.74, 6) is 0.548. The standard InChI is InChI=1S/C12H14N2S2/c1-7(2)8-3-5-9(6-4-8)10-11(13)16-12(15)14-10/h3-7H,13H2,1-2H3,(H,14,15). The summed E-state index contributed by atoms with van der Waals surface area (Å²) in [7, 11) is 0. The molecule has 0 unspecified atom stereocenters. The minimum absolute atomic E-state index is 0.548. The van der Waals surface area contributed by atoms with E-state index in [1.54, 1.807) is 0 Å². The zero-order valence-electron chi connectivity index (χ0n) is 9.28. The van der Waals surface area contributed by atoms with Crippen molar-refractivity contribution in [2.45, 2.75) is 19.8 Å². The molecule has 2 aromatic rings. The van der Waals surface area contributed by atoms with Gasteiger partial charge < -0.3 is 10.7 Å². The van der Waals surface area contributed by atoms with Gasteiger partial charge in [-0.1, -0.05) is 49.4 Å². The summed E-state index contributed by atoms with van der Waals surface area (Å²) in [4.78, 5) is 3.12. The van der Waals surface area contributed by atoms with Gasteiger partial charge in [0, 0.05) is 5.56 Å². The lowest BCUT2D eigenvalue weighted by Crippen LogP contribution is -1.89. The Balaban J connectivity index is 2.42. The highest BCUT2D eigenvalue weighted by atomic mass is 32.1. The van der Waals surface area contributed by atoms with Crippen LogP contribution < -0.4 is 5.73 Å². The highest BCUT2D eigenvalue weighted by Crippen LogP contribution is 2.29. The van der Waals surface area contributed by atoms with Crippen molar-refractivity contribution >= 4 is 28.6 Å². The number of anilines is 1. The van der Waals surface area contributed by atoms with Crippen molar-refractivity contribution in [2.24, 2.45) is 0 Å². The summed E-state index contributed by atoms with van der Waals surface area (Å²) in [5, 5.41) is 0.752. The molecule has 0 saturated carbocycles. The largest absolute Gasteiger partial charge is 0.389 e. The summed E-state index contributed by atoms with van der Waals surface area (Å²) < 4.78 is 0.723. The maximum absolute atomic E-state index is 5.89. The average molecular weight is 250 g/mol. The number of hydrogen-bond acceptors (Lipinski definition) is 3. The molecule has 0 radical (unpaired) electrons. The van der Waals surface area contributed by atoms with Gasteiger partial charge in [-0.25, -0.2) is 0 Å². The summed E-state index contributed by atoms with van der Waals surface area (Å²) in [6, 6.07) is 8.43. The molecule has 0 amide bonds. The van der Waals surface area contributed by atoms with Gasteiger partial charge >= 0.3 is 0 Å². The van der Waals surface area contributed by atoms with Gasteiger partial charge in [0.1, 0.15) is 5.00 Å². The van der Waals surface area contributed by atoms with Crippen LogP contribution in [0.4, 0.5) is 5.00 Å². The van der Waals surface area contributed by atoms with E-state index < -0.39 is 0 Å². The van der Waals surface area contributed by atoms with Crippen molar-refractivity contribution in [3.63, 3.8) is 0 Å². The van der Waals surface area contributed by atoms with Crippen LogP contribution in [-0.4, -0.2) is 4.98 Å². The summed E-state index contributed by atoms with van der Waals surface area (Å²) in [6.45, 7) is 4.36. The quantitative estimate of drug-likeness (QED) is 0.785. The SMILES string of the molecule is CC(C)c1ccc(-c2[nH]c(=S)sc2N)cc1. The Kier molecular flexibility index (Phi) is 3.12. The van der Waals surface area contributed by atoms with Crippen LogP contribution in [-0.2, 0) is 0 Å². The number of aromatic nitrogens is 1. The Labute approximate surface area is 104 Å². The van der Waals surface area contributed by atoms with Crippen molar-refractivity contribution < 1.29 is 0 Å². The van der Waals surface area contributed by atoms with Gasteiger partial charge in [0.25, 0.3) is 0 Å². The molecule has 2 nitrogen and oxygen atoms in total. The molecular formula is C12H14N2S2. The smallest absolute Gasteiger partial charge is 0.160 e. The molecule has 0 bridgehead atoms. The van der Waals surface area contributed by atoms with E-state index in [1.165, 1.54) is 16.9 Å². The predicted molar refractivity (Wildman–Crippen MR) is 73.4 cm³/mol. The van der Waals surface area contributed by atoms with E-state index in [4.69, 9.17) is 18.0 Å². The lowest BCUT2D eigenvalue weighted by molar-refractivity contribution is 0.867. The minimum atomic E-state index is 0.548. The molecule has 1 aromatic heterocycles. The molecule has 16 heavy (non-hydrogen) atoms. The molecular weight excluding hydrogens is 236 g/mol. The third-order valence-electron chi connectivity index (χ3n) is 2.54. The van der Waals surface area contributed by atoms with Crippen LogP contribution in [0.3, 0.4) is 0 Å². The molecule has 0 saturated heterocycles. The van der Waals surface area contributed by atoms with Crippen molar-refractivity contribution in [2.75, 3.05) is 5.73 Å². The third-order valence-corrected chi connectivity index (χ3v) is 3.61. The molecule has 0 aliphatic rings. The van der Waals surface area contributed by atoms with Crippen molar-refractivity contribution in [1.29, 1.82) is 0 Å². The van der Waals surface area contributed by atoms with Gasteiger partial charge in [-0.05, 0) is 23.7 Å². The Morgan fingerprint density at radius 3 is 2.31 bits per heavy atom. The zero-order valence-corrected chi connectivity index (χ0v) is 10.9. The van der Waals surface area contributed by atoms with Gasteiger partial charge in [-0.3, -0.25) is 0 Å². The zero-order chi connectivity index (χ0) is 11.7. The summed E-state index contributed by atoms with van der Waals surface area (Å²) >= 11 is 6.48. The molecule has 0 spiro atoms. The number of H-pyrrole nitrogens is 1. The summed E-state index contributed by atoms with van der Waals surface area (Å²) in [6.07, 6.45) is 0. The Hall–Kier alpha value is -1.13. The van der Waals surface area contributed by atoms with E-state index in [9.17, 15) is 0 Å². The highest BCUT2D eigenvalue weighted by Gasteiger charge is 2.06. The topological polar surface area (TPSA) is 41.8 Å². The van der Waals surface area contributed by atoms with Crippen LogP contribution in [0.15, 0.2) is 24.3 Å². The fourth-order valence-corrected chi connectivity index (χ4v) is 2.58. The molecule has 0 fully saturated rings. The number of nitrogens with two attached hydrogens (primary N) is 1. The molecule has 3 N–H and O–H groups in total. The lowest BCUT2D eigenvalue weighted by atomic mass is 10.0.